The summed E-state index contributed by atoms with van der Waals surface area (Å²) in [5.74, 6) is -0.180. The van der Waals surface area contributed by atoms with Crippen molar-refractivity contribution in [3.05, 3.63) is 83.4 Å². The molecule has 3 aromatic carbocycles. The van der Waals surface area contributed by atoms with Gasteiger partial charge in [0.2, 0.25) is 10.0 Å². The number of H-pyrrole nitrogens is 1. The van der Waals surface area contributed by atoms with Gasteiger partial charge in [-0.05, 0) is 59.7 Å². The number of nitrogens with two attached hydrogens (primary N) is 1. The molecule has 0 saturated carbocycles. The number of hydrogen-bond acceptors (Lipinski definition) is 3. The molecule has 164 valence electrons. The molecule has 4 aromatic rings. The standard InChI is InChI=1S/C22H15F4N3O2S/c23-16-7-9-20(32(27,30)31)17(12-16)14-4-8-18-19(11-14)29-21(28-18)10-3-13-1-5-15(6-2-13)22(24,25)26/h1-12H,(H,28,29)(H2,27,30,31)/b10-3+. The number of benzene rings is 3. The van der Waals surface area contributed by atoms with E-state index in [0.717, 1.165) is 30.3 Å². The monoisotopic (exact) mass is 461 g/mol. The molecule has 10 heteroatoms. The largest absolute Gasteiger partial charge is 0.416 e. The van der Waals surface area contributed by atoms with Crippen molar-refractivity contribution in [1.29, 1.82) is 0 Å². The molecule has 0 aliphatic rings. The fourth-order valence-electron chi connectivity index (χ4n) is 3.21. The first-order valence-electron chi connectivity index (χ1n) is 9.18. The van der Waals surface area contributed by atoms with Crippen LogP contribution in [0.25, 0.3) is 34.3 Å². The van der Waals surface area contributed by atoms with Gasteiger partial charge in [-0.15, -0.1) is 0 Å². The Labute approximate surface area is 180 Å². The zero-order chi connectivity index (χ0) is 23.1. The maximum absolute atomic E-state index is 13.8. The molecule has 0 atom stereocenters. The Kier molecular flexibility index (Phi) is 5.35. The minimum atomic E-state index is -4.40. The summed E-state index contributed by atoms with van der Waals surface area (Å²) in [6, 6.07) is 12.7. The second-order valence-corrected chi connectivity index (χ2v) is 8.52. The molecule has 4 rings (SSSR count). The summed E-state index contributed by atoms with van der Waals surface area (Å²) in [7, 11) is -4.07. The van der Waals surface area contributed by atoms with Crippen LogP contribution in [0.3, 0.4) is 0 Å². The number of imidazole rings is 1. The lowest BCUT2D eigenvalue weighted by molar-refractivity contribution is -0.137. The van der Waals surface area contributed by atoms with Crippen molar-refractivity contribution >= 4 is 33.2 Å². The van der Waals surface area contributed by atoms with E-state index in [2.05, 4.69) is 9.97 Å². The molecule has 0 saturated heterocycles. The van der Waals surface area contributed by atoms with Crippen molar-refractivity contribution in [3.8, 4) is 11.1 Å². The van der Waals surface area contributed by atoms with Crippen molar-refractivity contribution in [2.45, 2.75) is 11.1 Å². The van der Waals surface area contributed by atoms with E-state index in [4.69, 9.17) is 5.14 Å². The first-order valence-corrected chi connectivity index (χ1v) is 10.7. The molecule has 3 N–H and O–H groups in total. The number of sulfonamides is 1. The van der Waals surface area contributed by atoms with Gasteiger partial charge in [-0.3, -0.25) is 0 Å². The van der Waals surface area contributed by atoms with Crippen molar-refractivity contribution in [2.24, 2.45) is 5.14 Å². The minimum absolute atomic E-state index is 0.117. The van der Waals surface area contributed by atoms with E-state index in [1.807, 2.05) is 0 Å². The van der Waals surface area contributed by atoms with Crippen molar-refractivity contribution < 1.29 is 26.0 Å². The van der Waals surface area contributed by atoms with Crippen molar-refractivity contribution in [2.75, 3.05) is 0 Å². The molecule has 0 amide bonds. The third-order valence-corrected chi connectivity index (χ3v) is 5.70. The van der Waals surface area contributed by atoms with Crippen LogP contribution < -0.4 is 5.14 Å². The maximum atomic E-state index is 13.8. The van der Waals surface area contributed by atoms with Crippen LogP contribution >= 0.6 is 0 Å². The molecule has 1 heterocycles. The van der Waals surface area contributed by atoms with Gasteiger partial charge in [-0.1, -0.05) is 24.3 Å². The normalized spacial score (nSPS) is 12.7. The summed E-state index contributed by atoms with van der Waals surface area (Å²) in [4.78, 5) is 7.19. The molecule has 0 spiro atoms. The van der Waals surface area contributed by atoms with Gasteiger partial charge >= 0.3 is 6.18 Å². The average Bonchev–Trinajstić information content (AvgIpc) is 3.13. The van der Waals surface area contributed by atoms with E-state index >= 15 is 0 Å². The lowest BCUT2D eigenvalue weighted by Crippen LogP contribution is -2.13. The van der Waals surface area contributed by atoms with Gasteiger partial charge in [-0.2, -0.15) is 13.2 Å². The predicted octanol–water partition coefficient (Wildman–Crippen LogP) is 5.21. The smallest absolute Gasteiger partial charge is 0.338 e. The quantitative estimate of drug-likeness (QED) is 0.409. The van der Waals surface area contributed by atoms with Crippen molar-refractivity contribution in [3.63, 3.8) is 0 Å². The maximum Gasteiger partial charge on any atom is 0.416 e. The van der Waals surface area contributed by atoms with Gasteiger partial charge < -0.3 is 4.98 Å². The Balaban J connectivity index is 1.66. The molecule has 1 aromatic heterocycles. The molecular formula is C22H15F4N3O2S. The van der Waals surface area contributed by atoms with Crippen LogP contribution in [-0.2, 0) is 16.2 Å². The van der Waals surface area contributed by atoms with Crippen LogP contribution in [0, 0.1) is 5.82 Å². The van der Waals surface area contributed by atoms with E-state index in [0.29, 0.717) is 28.0 Å². The average molecular weight is 461 g/mol. The van der Waals surface area contributed by atoms with E-state index in [9.17, 15) is 26.0 Å². The van der Waals surface area contributed by atoms with Gasteiger partial charge in [0.15, 0.2) is 0 Å². The van der Waals surface area contributed by atoms with E-state index in [-0.39, 0.29) is 10.5 Å². The summed E-state index contributed by atoms with van der Waals surface area (Å²) < 4.78 is 75.5. The van der Waals surface area contributed by atoms with Crippen LogP contribution in [0.15, 0.2) is 65.6 Å². The first-order chi connectivity index (χ1) is 15.0. The Morgan fingerprint density at radius 3 is 2.31 bits per heavy atom. The number of nitrogens with zero attached hydrogens (tertiary/aromatic N) is 1. The molecule has 0 bridgehead atoms. The van der Waals surface area contributed by atoms with Gasteiger partial charge in [0.25, 0.3) is 0 Å². The Morgan fingerprint density at radius 2 is 1.66 bits per heavy atom. The number of aromatic amines is 1. The highest BCUT2D eigenvalue weighted by molar-refractivity contribution is 7.89. The minimum Gasteiger partial charge on any atom is -0.338 e. The van der Waals surface area contributed by atoms with Crippen molar-refractivity contribution in [1.82, 2.24) is 9.97 Å². The molecule has 0 aliphatic carbocycles. The summed E-state index contributed by atoms with van der Waals surface area (Å²) in [5, 5.41) is 5.25. The zero-order valence-corrected chi connectivity index (χ0v) is 17.0. The highest BCUT2D eigenvalue weighted by Crippen LogP contribution is 2.31. The number of nitrogens with one attached hydrogen (secondary N) is 1. The van der Waals surface area contributed by atoms with E-state index < -0.39 is 27.6 Å². The first kappa shape index (κ1) is 21.7. The fraction of sp³-hybridized carbons (Fsp3) is 0.0455. The topological polar surface area (TPSA) is 88.8 Å². The Morgan fingerprint density at radius 1 is 0.938 bits per heavy atom. The summed E-state index contributed by atoms with van der Waals surface area (Å²) in [6.45, 7) is 0. The zero-order valence-electron chi connectivity index (χ0n) is 16.2. The Hall–Kier alpha value is -3.50. The number of primary sulfonamides is 1. The molecule has 0 unspecified atom stereocenters. The Bertz CT molecular complexity index is 1440. The number of hydrogen-bond donors (Lipinski definition) is 2. The van der Waals surface area contributed by atoms with E-state index in [1.54, 1.807) is 30.4 Å². The third kappa shape index (κ3) is 4.56. The van der Waals surface area contributed by atoms with Crippen LogP contribution in [0.2, 0.25) is 0 Å². The summed E-state index contributed by atoms with van der Waals surface area (Å²) in [5.41, 5.74) is 1.47. The number of rotatable bonds is 4. The number of halogens is 4. The predicted molar refractivity (Wildman–Crippen MR) is 113 cm³/mol. The molecule has 0 radical (unpaired) electrons. The lowest BCUT2D eigenvalue weighted by Gasteiger charge is -2.08. The summed E-state index contributed by atoms with van der Waals surface area (Å²) in [6.07, 6.45) is -1.20. The van der Waals surface area contributed by atoms with Gasteiger partial charge in [0.1, 0.15) is 11.6 Å². The molecule has 5 nitrogen and oxygen atoms in total. The van der Waals surface area contributed by atoms with Crippen LogP contribution in [0.1, 0.15) is 17.0 Å². The second kappa shape index (κ2) is 7.88. The van der Waals surface area contributed by atoms with Gasteiger partial charge in [-0.25, -0.2) is 22.9 Å². The summed E-state index contributed by atoms with van der Waals surface area (Å²) >= 11 is 0. The number of alkyl halides is 3. The highest BCUT2D eigenvalue weighted by Gasteiger charge is 2.29. The highest BCUT2D eigenvalue weighted by atomic mass is 32.2. The molecule has 32 heavy (non-hydrogen) atoms. The van der Waals surface area contributed by atoms with Crippen LogP contribution in [0.4, 0.5) is 17.6 Å². The molecular weight excluding hydrogens is 446 g/mol. The van der Waals surface area contributed by atoms with E-state index in [1.165, 1.54) is 12.1 Å². The fourth-order valence-corrected chi connectivity index (χ4v) is 3.95. The molecule has 0 aliphatic heterocycles. The van der Waals surface area contributed by atoms with Gasteiger partial charge in [0.05, 0.1) is 21.5 Å². The lowest BCUT2D eigenvalue weighted by atomic mass is 10.0. The number of aromatic nitrogens is 2. The molecule has 0 fully saturated rings. The van der Waals surface area contributed by atoms with Crippen LogP contribution in [-0.4, -0.2) is 18.4 Å². The number of fused-ring (bicyclic) bond motifs is 1. The SMILES string of the molecule is NS(=O)(=O)c1ccc(F)cc1-c1ccc2nc(/C=C/c3ccc(C(F)(F)F)cc3)[nH]c2c1. The van der Waals surface area contributed by atoms with Crippen LogP contribution in [0.5, 0.6) is 0 Å². The van der Waals surface area contributed by atoms with Gasteiger partial charge in [0, 0.05) is 5.56 Å². The third-order valence-electron chi connectivity index (χ3n) is 4.73. The second-order valence-electron chi connectivity index (χ2n) is 6.99.